The lowest BCUT2D eigenvalue weighted by Crippen LogP contribution is -2.48. The van der Waals surface area contributed by atoms with Crippen LogP contribution >= 0.6 is 11.8 Å². The highest BCUT2D eigenvalue weighted by Crippen LogP contribution is 2.22. The lowest BCUT2D eigenvalue weighted by Gasteiger charge is -2.30. The monoisotopic (exact) mass is 294 g/mol. The molecule has 0 saturated carbocycles. The van der Waals surface area contributed by atoms with Crippen molar-refractivity contribution in [1.29, 1.82) is 0 Å². The third-order valence-corrected chi connectivity index (χ3v) is 4.54. The van der Waals surface area contributed by atoms with Gasteiger partial charge in [0.25, 0.3) is 0 Å². The van der Waals surface area contributed by atoms with Crippen molar-refractivity contribution in [2.75, 3.05) is 26.0 Å². The third kappa shape index (κ3) is 4.42. The Labute approximate surface area is 124 Å². The Hall–Kier alpha value is -1.20. The number of amides is 1. The van der Waals surface area contributed by atoms with Crippen LogP contribution in [0.2, 0.25) is 0 Å². The number of hydrogen-bond donors (Lipinski definition) is 2. The summed E-state index contributed by atoms with van der Waals surface area (Å²) in [6.45, 7) is 4.14. The lowest BCUT2D eigenvalue weighted by molar-refractivity contribution is -0.119. The Morgan fingerprint density at radius 3 is 3.15 bits per heavy atom. The fourth-order valence-electron chi connectivity index (χ4n) is 2.32. The van der Waals surface area contributed by atoms with Crippen LogP contribution in [-0.2, 0) is 4.79 Å². The van der Waals surface area contributed by atoms with E-state index in [2.05, 4.69) is 17.6 Å². The molecule has 1 aromatic rings. The number of benzene rings is 1. The van der Waals surface area contributed by atoms with Crippen LogP contribution < -0.4 is 15.4 Å². The predicted octanol–water partition coefficient (Wildman–Crippen LogP) is 1.90. The van der Waals surface area contributed by atoms with E-state index in [-0.39, 0.29) is 5.91 Å². The first-order valence-electron chi connectivity index (χ1n) is 6.96. The van der Waals surface area contributed by atoms with Crippen LogP contribution in [0.3, 0.4) is 0 Å². The minimum absolute atomic E-state index is 0.108. The van der Waals surface area contributed by atoms with E-state index in [0.717, 1.165) is 30.2 Å². The van der Waals surface area contributed by atoms with Crippen molar-refractivity contribution in [1.82, 2.24) is 10.6 Å². The number of rotatable bonds is 5. The number of nitrogens with one attached hydrogen (secondary N) is 2. The highest BCUT2D eigenvalue weighted by Gasteiger charge is 2.22. The van der Waals surface area contributed by atoms with E-state index < -0.39 is 0 Å². The average Bonchev–Trinajstić information content (AvgIpc) is 2.48. The van der Waals surface area contributed by atoms with Gasteiger partial charge in [-0.1, -0.05) is 13.0 Å². The normalized spacial score (nSPS) is 22.3. The number of piperidine rings is 1. The number of carbonyl (C=O) groups excluding carboxylic acids is 1. The molecule has 0 spiro atoms. The Balaban J connectivity index is 1.79. The molecule has 1 saturated heterocycles. The molecular weight excluding hydrogens is 272 g/mol. The zero-order valence-electron chi connectivity index (χ0n) is 12.0. The van der Waals surface area contributed by atoms with Gasteiger partial charge in [0.15, 0.2) is 0 Å². The van der Waals surface area contributed by atoms with Gasteiger partial charge in [0.05, 0.1) is 12.9 Å². The predicted molar refractivity (Wildman–Crippen MR) is 82.3 cm³/mol. The number of ether oxygens (including phenoxy) is 1. The van der Waals surface area contributed by atoms with E-state index >= 15 is 0 Å². The van der Waals surface area contributed by atoms with Gasteiger partial charge < -0.3 is 15.4 Å². The summed E-state index contributed by atoms with van der Waals surface area (Å²) >= 11 is 1.54. The highest BCUT2D eigenvalue weighted by molar-refractivity contribution is 8.00. The Morgan fingerprint density at radius 2 is 2.40 bits per heavy atom. The molecule has 1 aliphatic heterocycles. The summed E-state index contributed by atoms with van der Waals surface area (Å²) in [7, 11) is 1.65. The molecule has 1 aromatic carbocycles. The van der Waals surface area contributed by atoms with Crippen molar-refractivity contribution in [3.63, 3.8) is 0 Å². The molecule has 1 amide bonds. The molecule has 4 nitrogen and oxygen atoms in total. The third-order valence-electron chi connectivity index (χ3n) is 3.54. The van der Waals surface area contributed by atoms with Gasteiger partial charge in [-0.05, 0) is 43.6 Å². The summed E-state index contributed by atoms with van der Waals surface area (Å²) < 4.78 is 5.18. The van der Waals surface area contributed by atoms with Crippen molar-refractivity contribution in [3.8, 4) is 5.75 Å². The van der Waals surface area contributed by atoms with Crippen molar-refractivity contribution in [2.24, 2.45) is 5.92 Å². The van der Waals surface area contributed by atoms with Gasteiger partial charge in [0.1, 0.15) is 5.75 Å². The second-order valence-corrected chi connectivity index (χ2v) is 6.16. The lowest BCUT2D eigenvalue weighted by atomic mass is 9.95. The SMILES string of the molecule is COc1cccc(SCC(=O)NC2CCNCC2C)c1. The molecule has 0 bridgehead atoms. The molecule has 1 heterocycles. The zero-order valence-corrected chi connectivity index (χ0v) is 12.8. The van der Waals surface area contributed by atoms with Crippen LogP contribution in [0, 0.1) is 5.92 Å². The van der Waals surface area contributed by atoms with Gasteiger partial charge in [-0.15, -0.1) is 11.8 Å². The molecule has 0 aromatic heterocycles. The molecule has 20 heavy (non-hydrogen) atoms. The number of carbonyl (C=O) groups is 1. The quantitative estimate of drug-likeness (QED) is 0.815. The van der Waals surface area contributed by atoms with Gasteiger partial charge in [0, 0.05) is 10.9 Å². The maximum Gasteiger partial charge on any atom is 0.230 e. The van der Waals surface area contributed by atoms with Crippen LogP contribution in [0.4, 0.5) is 0 Å². The van der Waals surface area contributed by atoms with Crippen molar-refractivity contribution in [3.05, 3.63) is 24.3 Å². The summed E-state index contributed by atoms with van der Waals surface area (Å²) in [4.78, 5) is 13.1. The number of methoxy groups -OCH3 is 1. The topological polar surface area (TPSA) is 50.4 Å². The molecule has 2 N–H and O–H groups in total. The van der Waals surface area contributed by atoms with E-state index in [1.807, 2.05) is 24.3 Å². The minimum Gasteiger partial charge on any atom is -0.497 e. The highest BCUT2D eigenvalue weighted by atomic mass is 32.2. The molecule has 2 rings (SSSR count). The Morgan fingerprint density at radius 1 is 1.55 bits per heavy atom. The first-order chi connectivity index (χ1) is 9.69. The van der Waals surface area contributed by atoms with E-state index in [1.54, 1.807) is 18.9 Å². The molecule has 5 heteroatoms. The van der Waals surface area contributed by atoms with Crippen LogP contribution in [0.15, 0.2) is 29.2 Å². The van der Waals surface area contributed by atoms with Crippen LogP contribution in [0.5, 0.6) is 5.75 Å². The van der Waals surface area contributed by atoms with Crippen molar-refractivity contribution < 1.29 is 9.53 Å². The van der Waals surface area contributed by atoms with Gasteiger partial charge >= 0.3 is 0 Å². The van der Waals surface area contributed by atoms with E-state index in [4.69, 9.17) is 4.74 Å². The standard InChI is InChI=1S/C15H22N2O2S/c1-11-9-16-7-6-14(11)17-15(18)10-20-13-5-3-4-12(8-13)19-2/h3-5,8,11,14,16H,6-7,9-10H2,1-2H3,(H,17,18). The smallest absolute Gasteiger partial charge is 0.230 e. The van der Waals surface area contributed by atoms with E-state index in [9.17, 15) is 4.79 Å². The maximum absolute atomic E-state index is 12.0. The molecule has 0 aliphatic carbocycles. The summed E-state index contributed by atoms with van der Waals surface area (Å²) in [6, 6.07) is 8.09. The van der Waals surface area contributed by atoms with Crippen LogP contribution in [-0.4, -0.2) is 37.9 Å². The number of thioether (sulfide) groups is 1. The molecule has 2 atom stereocenters. The van der Waals surface area contributed by atoms with Gasteiger partial charge in [-0.3, -0.25) is 4.79 Å². The van der Waals surface area contributed by atoms with Crippen LogP contribution in [0.1, 0.15) is 13.3 Å². The van der Waals surface area contributed by atoms with Gasteiger partial charge in [-0.25, -0.2) is 0 Å². The number of hydrogen-bond acceptors (Lipinski definition) is 4. The molecule has 0 radical (unpaired) electrons. The summed E-state index contributed by atoms with van der Waals surface area (Å²) in [6.07, 6.45) is 1.01. The first kappa shape index (κ1) is 15.2. The Kier molecular flexibility index (Phi) is 5.73. The maximum atomic E-state index is 12.0. The molecule has 1 fully saturated rings. The van der Waals surface area contributed by atoms with Crippen molar-refractivity contribution in [2.45, 2.75) is 24.3 Å². The zero-order chi connectivity index (χ0) is 14.4. The van der Waals surface area contributed by atoms with Crippen LogP contribution in [0.25, 0.3) is 0 Å². The fourth-order valence-corrected chi connectivity index (χ4v) is 3.07. The average molecular weight is 294 g/mol. The molecular formula is C15H22N2O2S. The summed E-state index contributed by atoms with van der Waals surface area (Å²) in [5, 5.41) is 6.47. The summed E-state index contributed by atoms with van der Waals surface area (Å²) in [5.41, 5.74) is 0. The fraction of sp³-hybridized carbons (Fsp3) is 0.533. The molecule has 1 aliphatic rings. The second kappa shape index (κ2) is 7.55. The second-order valence-electron chi connectivity index (χ2n) is 5.11. The molecule has 2 unspecified atom stereocenters. The van der Waals surface area contributed by atoms with E-state index in [0.29, 0.717) is 17.7 Å². The summed E-state index contributed by atoms with van der Waals surface area (Å²) in [5.74, 6) is 1.87. The molecule has 110 valence electrons. The largest absolute Gasteiger partial charge is 0.497 e. The van der Waals surface area contributed by atoms with Crippen molar-refractivity contribution >= 4 is 17.7 Å². The Bertz CT molecular complexity index is 453. The van der Waals surface area contributed by atoms with Gasteiger partial charge in [-0.2, -0.15) is 0 Å². The first-order valence-corrected chi connectivity index (χ1v) is 7.94. The minimum atomic E-state index is 0.108. The van der Waals surface area contributed by atoms with E-state index in [1.165, 1.54) is 0 Å². The van der Waals surface area contributed by atoms with Gasteiger partial charge in [0.2, 0.25) is 5.91 Å².